The summed E-state index contributed by atoms with van der Waals surface area (Å²) < 4.78 is 5.98. The third-order valence-corrected chi connectivity index (χ3v) is 3.05. The van der Waals surface area contributed by atoms with Crippen molar-refractivity contribution in [3.63, 3.8) is 0 Å². The maximum Gasteiger partial charge on any atom is 0.0833 e. The third kappa shape index (κ3) is 3.72. The molecule has 4 heteroatoms. The first-order valence-corrected chi connectivity index (χ1v) is 5.83. The zero-order valence-corrected chi connectivity index (χ0v) is 10.5. The lowest BCUT2D eigenvalue weighted by Crippen LogP contribution is -2.53. The fourth-order valence-corrected chi connectivity index (χ4v) is 2.37. The minimum absolute atomic E-state index is 0.0750. The van der Waals surface area contributed by atoms with Crippen LogP contribution >= 0.6 is 0 Å². The number of piperidine rings is 1. The average Bonchev–Trinajstić information content (AvgIpc) is 2.18. The predicted molar refractivity (Wildman–Crippen MR) is 62.8 cm³/mol. The van der Waals surface area contributed by atoms with Gasteiger partial charge in [-0.1, -0.05) is 0 Å². The molecule has 1 rings (SSSR count). The molecule has 0 saturated carbocycles. The van der Waals surface area contributed by atoms with Crippen molar-refractivity contribution < 1.29 is 4.74 Å². The number of ether oxygens (including phenoxy) is 1. The van der Waals surface area contributed by atoms with Crippen LogP contribution in [0.15, 0.2) is 0 Å². The van der Waals surface area contributed by atoms with Crippen molar-refractivity contribution >= 4 is 0 Å². The van der Waals surface area contributed by atoms with E-state index in [4.69, 9.17) is 4.74 Å². The van der Waals surface area contributed by atoms with Gasteiger partial charge in [0.2, 0.25) is 0 Å². The van der Waals surface area contributed by atoms with E-state index in [1.54, 1.807) is 0 Å². The number of likely N-dealkylation sites (N-methyl/N-ethyl adjacent to an activating group) is 1. The van der Waals surface area contributed by atoms with Crippen LogP contribution in [0, 0.1) is 0 Å². The molecule has 0 aromatic carbocycles. The van der Waals surface area contributed by atoms with Crippen molar-refractivity contribution in [1.82, 2.24) is 15.3 Å². The maximum absolute atomic E-state index is 5.98. The van der Waals surface area contributed by atoms with E-state index in [0.29, 0.717) is 0 Å². The Hall–Kier alpha value is -0.160. The van der Waals surface area contributed by atoms with Gasteiger partial charge in [-0.2, -0.15) is 0 Å². The summed E-state index contributed by atoms with van der Waals surface area (Å²) >= 11 is 0. The third-order valence-electron chi connectivity index (χ3n) is 3.05. The molecule has 1 heterocycles. The van der Waals surface area contributed by atoms with E-state index in [0.717, 1.165) is 39.1 Å². The normalized spacial score (nSPS) is 22.2. The highest BCUT2D eigenvalue weighted by Gasteiger charge is 2.35. The van der Waals surface area contributed by atoms with E-state index >= 15 is 0 Å². The second-order valence-corrected chi connectivity index (χ2v) is 4.56. The van der Waals surface area contributed by atoms with Crippen LogP contribution in [0.1, 0.15) is 19.8 Å². The molecule has 0 atom stereocenters. The van der Waals surface area contributed by atoms with Gasteiger partial charge in [0.25, 0.3) is 0 Å². The van der Waals surface area contributed by atoms with E-state index < -0.39 is 0 Å². The fraction of sp³-hybridized carbons (Fsp3) is 1.00. The summed E-state index contributed by atoms with van der Waals surface area (Å²) in [4.78, 5) is 2.23. The molecule has 90 valence electrons. The molecule has 1 N–H and O–H groups in total. The van der Waals surface area contributed by atoms with Gasteiger partial charge in [-0.05, 0) is 40.9 Å². The van der Waals surface area contributed by atoms with Gasteiger partial charge >= 0.3 is 0 Å². The Bertz CT molecular complexity index is 177. The molecule has 0 aliphatic carbocycles. The number of nitrogens with zero attached hydrogens (tertiary/aromatic N) is 2. The lowest BCUT2D eigenvalue weighted by molar-refractivity contribution is -0.0958. The Labute approximate surface area is 93.5 Å². The van der Waals surface area contributed by atoms with Crippen molar-refractivity contribution in [1.29, 1.82) is 0 Å². The standard InChI is InChI=1S/C11H25N3O/c1-5-15-11(10-13(3)4)6-8-14(12-2)9-7-11/h12H,5-10H2,1-4H3. The Kier molecular flexibility index (Phi) is 4.99. The lowest BCUT2D eigenvalue weighted by Gasteiger charge is -2.42. The van der Waals surface area contributed by atoms with Gasteiger partial charge in [-0.25, -0.2) is 5.01 Å². The molecule has 0 unspecified atom stereocenters. The van der Waals surface area contributed by atoms with Crippen molar-refractivity contribution in [2.45, 2.75) is 25.4 Å². The summed E-state index contributed by atoms with van der Waals surface area (Å²) in [5.74, 6) is 0. The Morgan fingerprint density at radius 2 is 1.93 bits per heavy atom. The van der Waals surface area contributed by atoms with E-state index in [9.17, 15) is 0 Å². The predicted octanol–water partition coefficient (Wildman–Crippen LogP) is 0.554. The summed E-state index contributed by atoms with van der Waals surface area (Å²) in [6.45, 7) is 6.07. The summed E-state index contributed by atoms with van der Waals surface area (Å²) in [7, 11) is 6.22. The molecule has 1 saturated heterocycles. The first kappa shape index (κ1) is 12.9. The number of hydrogen-bond donors (Lipinski definition) is 1. The van der Waals surface area contributed by atoms with E-state index in [1.165, 1.54) is 0 Å². The zero-order valence-electron chi connectivity index (χ0n) is 10.5. The number of hydrazine groups is 1. The first-order valence-electron chi connectivity index (χ1n) is 5.83. The summed E-state index contributed by atoms with van der Waals surface area (Å²) in [6.07, 6.45) is 2.22. The summed E-state index contributed by atoms with van der Waals surface area (Å²) in [5, 5.41) is 2.26. The molecule has 4 nitrogen and oxygen atoms in total. The van der Waals surface area contributed by atoms with Crippen LogP contribution in [-0.2, 0) is 4.74 Å². The molecule has 0 aromatic heterocycles. The van der Waals surface area contributed by atoms with Crippen molar-refractivity contribution in [3.8, 4) is 0 Å². The van der Waals surface area contributed by atoms with Crippen LogP contribution < -0.4 is 5.43 Å². The molecule has 0 bridgehead atoms. The fourth-order valence-electron chi connectivity index (χ4n) is 2.37. The number of rotatable bonds is 5. The van der Waals surface area contributed by atoms with E-state index in [2.05, 4.69) is 36.4 Å². The van der Waals surface area contributed by atoms with Gasteiger partial charge in [0.15, 0.2) is 0 Å². The molecule has 0 aromatic rings. The van der Waals surface area contributed by atoms with Gasteiger partial charge in [-0.3, -0.25) is 5.43 Å². The zero-order chi connectivity index (χ0) is 11.3. The molecular weight excluding hydrogens is 190 g/mol. The second kappa shape index (κ2) is 5.80. The highest BCUT2D eigenvalue weighted by atomic mass is 16.5. The van der Waals surface area contributed by atoms with Crippen molar-refractivity contribution in [2.24, 2.45) is 0 Å². The number of nitrogens with one attached hydrogen (secondary N) is 1. The number of hydrogen-bond acceptors (Lipinski definition) is 4. The summed E-state index contributed by atoms with van der Waals surface area (Å²) in [6, 6.07) is 0. The topological polar surface area (TPSA) is 27.7 Å². The van der Waals surface area contributed by atoms with Crippen molar-refractivity contribution in [2.75, 3.05) is 47.4 Å². The summed E-state index contributed by atoms with van der Waals surface area (Å²) in [5.41, 5.74) is 3.28. The Morgan fingerprint density at radius 3 is 2.33 bits per heavy atom. The van der Waals surface area contributed by atoms with Crippen molar-refractivity contribution in [3.05, 3.63) is 0 Å². The quantitative estimate of drug-likeness (QED) is 0.725. The Balaban J connectivity index is 2.52. The van der Waals surface area contributed by atoms with Gasteiger partial charge < -0.3 is 9.64 Å². The minimum atomic E-state index is 0.0750. The maximum atomic E-state index is 5.98. The minimum Gasteiger partial charge on any atom is -0.374 e. The molecule has 0 spiro atoms. The van der Waals surface area contributed by atoms with Crippen LogP contribution in [0.4, 0.5) is 0 Å². The molecule has 0 amide bonds. The molecule has 1 fully saturated rings. The molecule has 15 heavy (non-hydrogen) atoms. The molecule has 1 aliphatic rings. The van der Waals surface area contributed by atoms with Crippen LogP contribution in [-0.4, -0.2) is 62.9 Å². The first-order chi connectivity index (χ1) is 7.12. The molecule has 0 radical (unpaired) electrons. The van der Waals surface area contributed by atoms with Gasteiger partial charge in [0, 0.05) is 26.2 Å². The van der Waals surface area contributed by atoms with Crippen LogP contribution in [0.5, 0.6) is 0 Å². The smallest absolute Gasteiger partial charge is 0.0833 e. The van der Waals surface area contributed by atoms with Gasteiger partial charge in [0.1, 0.15) is 0 Å². The van der Waals surface area contributed by atoms with Crippen LogP contribution in [0.2, 0.25) is 0 Å². The molecule has 1 aliphatic heterocycles. The monoisotopic (exact) mass is 215 g/mol. The largest absolute Gasteiger partial charge is 0.374 e. The van der Waals surface area contributed by atoms with E-state index in [-0.39, 0.29) is 5.60 Å². The van der Waals surface area contributed by atoms with Crippen LogP contribution in [0.25, 0.3) is 0 Å². The highest BCUT2D eigenvalue weighted by molar-refractivity contribution is 4.88. The Morgan fingerprint density at radius 1 is 1.33 bits per heavy atom. The van der Waals surface area contributed by atoms with Gasteiger partial charge in [0.05, 0.1) is 5.60 Å². The average molecular weight is 215 g/mol. The lowest BCUT2D eigenvalue weighted by atomic mass is 9.91. The SMILES string of the molecule is CCOC1(CN(C)C)CCN(NC)CC1. The molecular formula is C11H25N3O. The highest BCUT2D eigenvalue weighted by Crippen LogP contribution is 2.26. The van der Waals surface area contributed by atoms with Crippen LogP contribution in [0.3, 0.4) is 0 Å². The van der Waals surface area contributed by atoms with Gasteiger partial charge in [-0.15, -0.1) is 0 Å². The second-order valence-electron chi connectivity index (χ2n) is 4.56. The van der Waals surface area contributed by atoms with E-state index in [1.807, 2.05) is 7.05 Å².